The number of thiocarbonyl (C=S) groups is 1. The van der Waals surface area contributed by atoms with Gasteiger partial charge in [-0.1, -0.05) is 26.1 Å². The van der Waals surface area contributed by atoms with Crippen molar-refractivity contribution in [1.29, 1.82) is 0 Å². The largest absolute Gasteiger partial charge is 0.392 e. The second-order valence-electron chi connectivity index (χ2n) is 4.86. The summed E-state index contributed by atoms with van der Waals surface area (Å²) in [7, 11) is 0. The summed E-state index contributed by atoms with van der Waals surface area (Å²) in [6.07, 6.45) is 3.24. The minimum absolute atomic E-state index is 0.0891. The van der Waals surface area contributed by atoms with E-state index in [2.05, 4.69) is 13.8 Å². The number of rotatable bonds is 4. The molecule has 0 spiro atoms. The van der Waals surface area contributed by atoms with E-state index < -0.39 is 0 Å². The molecule has 1 rings (SSSR count). The molecule has 0 bridgehead atoms. The van der Waals surface area contributed by atoms with Crippen molar-refractivity contribution >= 4 is 23.2 Å². The molecule has 1 aliphatic rings. The van der Waals surface area contributed by atoms with Crippen molar-refractivity contribution < 1.29 is 4.79 Å². The van der Waals surface area contributed by atoms with Gasteiger partial charge in [-0.15, -0.1) is 0 Å². The molecule has 0 radical (unpaired) electrons. The van der Waals surface area contributed by atoms with Gasteiger partial charge in [0, 0.05) is 19.6 Å². The molecule has 17 heavy (non-hydrogen) atoms. The van der Waals surface area contributed by atoms with Crippen molar-refractivity contribution in [1.82, 2.24) is 9.80 Å². The number of hydrogen-bond donors (Lipinski definition) is 1. The van der Waals surface area contributed by atoms with E-state index in [4.69, 9.17) is 18.0 Å². The standard InChI is InChI=1S/C12H23N3OS/c1-3-6-14(9-11(13)17)12(16)15-7-4-5-10(2)8-15/h10H,3-9H2,1-2H3,(H2,13,17). The number of amides is 2. The van der Waals surface area contributed by atoms with E-state index in [-0.39, 0.29) is 6.03 Å². The number of carbonyl (C=O) groups excluding carboxylic acids is 1. The van der Waals surface area contributed by atoms with Gasteiger partial charge in [-0.25, -0.2) is 4.79 Å². The van der Waals surface area contributed by atoms with E-state index in [0.717, 1.165) is 32.5 Å². The summed E-state index contributed by atoms with van der Waals surface area (Å²) in [5.74, 6) is 0.598. The third-order valence-electron chi connectivity index (χ3n) is 3.04. The van der Waals surface area contributed by atoms with Crippen LogP contribution in [0.3, 0.4) is 0 Å². The Hall–Kier alpha value is -0.840. The first-order chi connectivity index (χ1) is 8.04. The van der Waals surface area contributed by atoms with Crippen LogP contribution in [0, 0.1) is 5.92 Å². The highest BCUT2D eigenvalue weighted by atomic mass is 32.1. The van der Waals surface area contributed by atoms with E-state index >= 15 is 0 Å². The molecule has 4 nitrogen and oxygen atoms in total. The molecule has 1 heterocycles. The molecule has 0 aromatic carbocycles. The van der Waals surface area contributed by atoms with Crippen LogP contribution in [0.1, 0.15) is 33.1 Å². The Labute approximate surface area is 109 Å². The van der Waals surface area contributed by atoms with Gasteiger partial charge in [-0.05, 0) is 25.2 Å². The van der Waals surface area contributed by atoms with Crippen molar-refractivity contribution in [2.24, 2.45) is 11.7 Å². The predicted octanol–water partition coefficient (Wildman–Crippen LogP) is 1.84. The predicted molar refractivity (Wildman–Crippen MR) is 74.0 cm³/mol. The average Bonchev–Trinajstić information content (AvgIpc) is 2.27. The molecule has 1 unspecified atom stereocenters. The maximum absolute atomic E-state index is 12.3. The van der Waals surface area contributed by atoms with Gasteiger partial charge in [-0.3, -0.25) is 0 Å². The maximum Gasteiger partial charge on any atom is 0.320 e. The Bertz CT molecular complexity index is 283. The molecule has 2 amide bonds. The van der Waals surface area contributed by atoms with Gasteiger partial charge in [0.2, 0.25) is 0 Å². The molecule has 0 aliphatic carbocycles. The van der Waals surface area contributed by atoms with E-state index in [1.165, 1.54) is 6.42 Å². The molecule has 1 aliphatic heterocycles. The van der Waals surface area contributed by atoms with Crippen LogP contribution >= 0.6 is 12.2 Å². The molecule has 0 aromatic rings. The van der Waals surface area contributed by atoms with Crippen LogP contribution in [0.5, 0.6) is 0 Å². The van der Waals surface area contributed by atoms with Crippen molar-refractivity contribution in [2.75, 3.05) is 26.2 Å². The van der Waals surface area contributed by atoms with Gasteiger partial charge in [-0.2, -0.15) is 0 Å². The number of carbonyl (C=O) groups is 1. The van der Waals surface area contributed by atoms with Gasteiger partial charge >= 0.3 is 6.03 Å². The summed E-state index contributed by atoms with van der Waals surface area (Å²) in [6, 6.07) is 0.0891. The Balaban J connectivity index is 2.59. The fourth-order valence-electron chi connectivity index (χ4n) is 2.26. The lowest BCUT2D eigenvalue weighted by molar-refractivity contribution is 0.136. The van der Waals surface area contributed by atoms with Gasteiger partial charge in [0.1, 0.15) is 0 Å². The summed E-state index contributed by atoms with van der Waals surface area (Å²) in [5, 5.41) is 0. The minimum Gasteiger partial charge on any atom is -0.392 e. The molecular formula is C12H23N3OS. The van der Waals surface area contributed by atoms with Crippen LogP contribution in [-0.4, -0.2) is 47.0 Å². The molecular weight excluding hydrogens is 234 g/mol. The lowest BCUT2D eigenvalue weighted by atomic mass is 10.0. The molecule has 0 saturated carbocycles. The fraction of sp³-hybridized carbons (Fsp3) is 0.833. The maximum atomic E-state index is 12.3. The topological polar surface area (TPSA) is 49.6 Å². The molecule has 1 saturated heterocycles. The molecule has 5 heteroatoms. The average molecular weight is 257 g/mol. The first kappa shape index (κ1) is 14.2. The Morgan fingerprint density at radius 3 is 2.82 bits per heavy atom. The summed E-state index contributed by atoms with van der Waals surface area (Å²) >= 11 is 4.90. The Morgan fingerprint density at radius 2 is 2.29 bits per heavy atom. The van der Waals surface area contributed by atoms with Gasteiger partial charge < -0.3 is 15.5 Å². The summed E-state index contributed by atoms with van der Waals surface area (Å²) in [6.45, 7) is 7.08. The minimum atomic E-state index is 0.0891. The zero-order valence-corrected chi connectivity index (χ0v) is 11.6. The highest BCUT2D eigenvalue weighted by Gasteiger charge is 2.25. The fourth-order valence-corrected chi connectivity index (χ4v) is 2.42. The van der Waals surface area contributed by atoms with Crippen LogP contribution < -0.4 is 5.73 Å². The molecule has 1 fully saturated rings. The van der Waals surface area contributed by atoms with Crippen molar-refractivity contribution in [2.45, 2.75) is 33.1 Å². The Kier molecular flexibility index (Phi) is 5.68. The van der Waals surface area contributed by atoms with Crippen LogP contribution in [0.2, 0.25) is 0 Å². The van der Waals surface area contributed by atoms with Crippen LogP contribution in [0.25, 0.3) is 0 Å². The van der Waals surface area contributed by atoms with Gasteiger partial charge in [0.05, 0.1) is 11.5 Å². The summed E-state index contributed by atoms with van der Waals surface area (Å²) in [5.41, 5.74) is 5.54. The summed E-state index contributed by atoms with van der Waals surface area (Å²) in [4.78, 5) is 16.4. The molecule has 98 valence electrons. The quantitative estimate of drug-likeness (QED) is 0.782. The molecule has 0 aromatic heterocycles. The third kappa shape index (κ3) is 4.50. The van der Waals surface area contributed by atoms with Crippen LogP contribution in [0.15, 0.2) is 0 Å². The highest BCUT2D eigenvalue weighted by molar-refractivity contribution is 7.80. The normalized spacial score (nSPS) is 20.1. The number of nitrogens with zero attached hydrogens (tertiary/aromatic N) is 2. The smallest absolute Gasteiger partial charge is 0.320 e. The number of piperidine rings is 1. The lowest BCUT2D eigenvalue weighted by Gasteiger charge is -2.35. The lowest BCUT2D eigenvalue weighted by Crippen LogP contribution is -2.49. The van der Waals surface area contributed by atoms with Gasteiger partial charge in [0.25, 0.3) is 0 Å². The Morgan fingerprint density at radius 1 is 1.59 bits per heavy atom. The molecule has 2 N–H and O–H groups in total. The number of urea groups is 1. The van der Waals surface area contributed by atoms with Crippen molar-refractivity contribution in [3.05, 3.63) is 0 Å². The SMILES string of the molecule is CCCN(CC(N)=S)C(=O)N1CCCC(C)C1. The van der Waals surface area contributed by atoms with Gasteiger partial charge in [0.15, 0.2) is 0 Å². The second kappa shape index (κ2) is 6.79. The second-order valence-corrected chi connectivity index (χ2v) is 5.39. The van der Waals surface area contributed by atoms with Crippen LogP contribution in [-0.2, 0) is 0 Å². The number of hydrogen-bond acceptors (Lipinski definition) is 2. The first-order valence-electron chi connectivity index (χ1n) is 6.36. The van der Waals surface area contributed by atoms with E-state index in [0.29, 0.717) is 17.5 Å². The molecule has 1 atom stereocenters. The highest BCUT2D eigenvalue weighted by Crippen LogP contribution is 2.17. The van der Waals surface area contributed by atoms with E-state index in [1.807, 2.05) is 4.90 Å². The zero-order chi connectivity index (χ0) is 12.8. The van der Waals surface area contributed by atoms with E-state index in [1.54, 1.807) is 4.90 Å². The van der Waals surface area contributed by atoms with Crippen molar-refractivity contribution in [3.8, 4) is 0 Å². The zero-order valence-electron chi connectivity index (χ0n) is 10.8. The van der Waals surface area contributed by atoms with Crippen molar-refractivity contribution in [3.63, 3.8) is 0 Å². The van der Waals surface area contributed by atoms with E-state index in [9.17, 15) is 4.79 Å². The summed E-state index contributed by atoms with van der Waals surface area (Å²) < 4.78 is 0. The monoisotopic (exact) mass is 257 g/mol. The number of nitrogens with two attached hydrogens (primary N) is 1. The third-order valence-corrected chi connectivity index (χ3v) is 3.17. The first-order valence-corrected chi connectivity index (χ1v) is 6.77. The number of likely N-dealkylation sites (tertiary alicyclic amines) is 1. The van der Waals surface area contributed by atoms with Crippen LogP contribution in [0.4, 0.5) is 4.79 Å².